The first-order valence-electron chi connectivity index (χ1n) is 6.12. The molecule has 0 N–H and O–H groups in total. The Morgan fingerprint density at radius 3 is 2.72 bits per heavy atom. The van der Waals surface area contributed by atoms with Crippen molar-refractivity contribution in [2.24, 2.45) is 0 Å². The molecule has 0 fully saturated rings. The number of hydrogen-bond donors (Lipinski definition) is 0. The molecule has 3 nitrogen and oxygen atoms in total. The molecule has 0 aliphatic rings. The molecule has 0 amide bonds. The Hall–Kier alpha value is -1.79. The van der Waals surface area contributed by atoms with Gasteiger partial charge < -0.3 is 9.30 Å². The molecule has 0 saturated carbocycles. The van der Waals surface area contributed by atoms with Gasteiger partial charge in [-0.15, -0.1) is 0 Å². The summed E-state index contributed by atoms with van der Waals surface area (Å²) in [4.78, 5) is 0. The molecular formula is C15H18N2O. The number of fused-ring (bicyclic) bond motifs is 1. The summed E-state index contributed by atoms with van der Waals surface area (Å²) in [5.41, 5.74) is 1.74. The zero-order chi connectivity index (χ0) is 13.2. The molecule has 0 aliphatic carbocycles. The highest BCUT2D eigenvalue weighted by Crippen LogP contribution is 2.17. The van der Waals surface area contributed by atoms with E-state index in [1.807, 2.05) is 30.5 Å². The minimum absolute atomic E-state index is 0.100. The van der Waals surface area contributed by atoms with Gasteiger partial charge in [0, 0.05) is 23.6 Å². The van der Waals surface area contributed by atoms with Crippen LogP contribution in [0, 0.1) is 11.3 Å². The fourth-order valence-electron chi connectivity index (χ4n) is 1.91. The highest BCUT2D eigenvalue weighted by molar-refractivity contribution is 5.81. The second-order valence-electron chi connectivity index (χ2n) is 5.36. The number of nitrogens with zero attached hydrogens (tertiary/aromatic N) is 2. The van der Waals surface area contributed by atoms with Gasteiger partial charge in [-0.1, -0.05) is 0 Å². The second-order valence-corrected chi connectivity index (χ2v) is 5.36. The lowest BCUT2D eigenvalue weighted by Gasteiger charge is -2.19. The van der Waals surface area contributed by atoms with Gasteiger partial charge in [0.05, 0.1) is 23.8 Å². The van der Waals surface area contributed by atoms with Crippen LogP contribution in [0.1, 0.15) is 26.3 Å². The molecule has 0 radical (unpaired) electrons. The van der Waals surface area contributed by atoms with Crippen molar-refractivity contribution >= 4 is 10.9 Å². The monoisotopic (exact) mass is 242 g/mol. The third-order valence-corrected chi connectivity index (χ3v) is 2.77. The van der Waals surface area contributed by atoms with E-state index in [0.29, 0.717) is 12.2 Å². The second kappa shape index (κ2) is 4.83. The maximum Gasteiger partial charge on any atom is 0.0991 e. The number of nitriles is 1. The molecule has 1 aromatic carbocycles. The maximum absolute atomic E-state index is 8.86. The van der Waals surface area contributed by atoms with Crippen molar-refractivity contribution in [3.63, 3.8) is 0 Å². The van der Waals surface area contributed by atoms with Crippen molar-refractivity contribution in [1.29, 1.82) is 5.26 Å². The molecule has 0 bridgehead atoms. The Kier molecular flexibility index (Phi) is 3.40. The van der Waals surface area contributed by atoms with Crippen LogP contribution in [0.5, 0.6) is 0 Å². The highest BCUT2D eigenvalue weighted by Gasteiger charge is 2.09. The largest absolute Gasteiger partial charge is 0.374 e. The Morgan fingerprint density at radius 2 is 2.06 bits per heavy atom. The smallest absolute Gasteiger partial charge is 0.0991 e. The molecule has 2 aromatic rings. The number of ether oxygens (including phenoxy) is 1. The van der Waals surface area contributed by atoms with Gasteiger partial charge >= 0.3 is 0 Å². The van der Waals surface area contributed by atoms with Crippen LogP contribution >= 0.6 is 0 Å². The summed E-state index contributed by atoms with van der Waals surface area (Å²) in [6, 6.07) is 9.95. The van der Waals surface area contributed by atoms with Crippen molar-refractivity contribution in [1.82, 2.24) is 4.57 Å². The number of rotatable bonds is 3. The average Bonchev–Trinajstić information content (AvgIpc) is 2.70. The zero-order valence-electron chi connectivity index (χ0n) is 11.1. The van der Waals surface area contributed by atoms with E-state index >= 15 is 0 Å². The van der Waals surface area contributed by atoms with Crippen LogP contribution in [0.2, 0.25) is 0 Å². The van der Waals surface area contributed by atoms with Gasteiger partial charge in [-0.3, -0.25) is 0 Å². The first kappa shape index (κ1) is 12.7. The molecule has 0 saturated heterocycles. The van der Waals surface area contributed by atoms with Crippen molar-refractivity contribution < 1.29 is 4.74 Å². The number of benzene rings is 1. The first-order chi connectivity index (χ1) is 8.49. The number of aromatic nitrogens is 1. The summed E-state index contributed by atoms with van der Waals surface area (Å²) in [5.74, 6) is 0. The lowest BCUT2D eigenvalue weighted by molar-refractivity contribution is -0.00644. The average molecular weight is 242 g/mol. The van der Waals surface area contributed by atoms with Gasteiger partial charge in [-0.25, -0.2) is 0 Å². The fourth-order valence-corrected chi connectivity index (χ4v) is 1.91. The van der Waals surface area contributed by atoms with Crippen LogP contribution < -0.4 is 0 Å². The van der Waals surface area contributed by atoms with Gasteiger partial charge in [0.2, 0.25) is 0 Å². The van der Waals surface area contributed by atoms with Crippen molar-refractivity contribution in [2.45, 2.75) is 32.9 Å². The highest BCUT2D eigenvalue weighted by atomic mass is 16.5. The van der Waals surface area contributed by atoms with Crippen LogP contribution in [0.25, 0.3) is 10.9 Å². The van der Waals surface area contributed by atoms with Gasteiger partial charge in [0.25, 0.3) is 0 Å². The standard InChI is InChI=1S/C15H18N2O/c1-15(2,3)18-9-8-17-7-6-13-10-12(11-16)4-5-14(13)17/h4-7,10H,8-9H2,1-3H3. The van der Waals surface area contributed by atoms with Crippen LogP contribution in [0.15, 0.2) is 30.5 Å². The Morgan fingerprint density at radius 1 is 1.28 bits per heavy atom. The molecular weight excluding hydrogens is 224 g/mol. The van der Waals surface area contributed by atoms with Crippen molar-refractivity contribution in [2.75, 3.05) is 6.61 Å². The summed E-state index contributed by atoms with van der Waals surface area (Å²) in [6.07, 6.45) is 2.04. The maximum atomic E-state index is 8.86. The van der Waals surface area contributed by atoms with E-state index in [4.69, 9.17) is 10.00 Å². The Bertz CT molecular complexity index is 585. The van der Waals surface area contributed by atoms with E-state index in [9.17, 15) is 0 Å². The van der Waals surface area contributed by atoms with Gasteiger partial charge in [-0.2, -0.15) is 5.26 Å². The molecule has 3 heteroatoms. The van der Waals surface area contributed by atoms with Gasteiger partial charge in [0.15, 0.2) is 0 Å². The summed E-state index contributed by atoms with van der Waals surface area (Å²) in [6.45, 7) is 7.68. The summed E-state index contributed by atoms with van der Waals surface area (Å²) < 4.78 is 7.88. The van der Waals surface area contributed by atoms with Crippen LogP contribution in [0.4, 0.5) is 0 Å². The van der Waals surface area contributed by atoms with E-state index in [1.54, 1.807) is 0 Å². The van der Waals surface area contributed by atoms with Crippen molar-refractivity contribution in [3.8, 4) is 6.07 Å². The van der Waals surface area contributed by atoms with E-state index in [2.05, 4.69) is 31.4 Å². The molecule has 2 rings (SSSR count). The molecule has 0 spiro atoms. The Balaban J connectivity index is 2.13. The van der Waals surface area contributed by atoms with E-state index < -0.39 is 0 Å². The molecule has 0 aliphatic heterocycles. The Labute approximate surface area is 108 Å². The lowest BCUT2D eigenvalue weighted by Crippen LogP contribution is -2.21. The van der Waals surface area contributed by atoms with Gasteiger partial charge in [0.1, 0.15) is 0 Å². The normalized spacial score (nSPS) is 11.7. The lowest BCUT2D eigenvalue weighted by atomic mass is 10.2. The topological polar surface area (TPSA) is 38.0 Å². The third-order valence-electron chi connectivity index (χ3n) is 2.77. The predicted molar refractivity (Wildman–Crippen MR) is 72.4 cm³/mol. The minimum Gasteiger partial charge on any atom is -0.374 e. The molecule has 18 heavy (non-hydrogen) atoms. The van der Waals surface area contributed by atoms with Crippen LogP contribution in [-0.4, -0.2) is 16.8 Å². The predicted octanol–water partition coefficient (Wildman–Crippen LogP) is 3.33. The quantitative estimate of drug-likeness (QED) is 0.828. The zero-order valence-corrected chi connectivity index (χ0v) is 11.1. The van der Waals surface area contributed by atoms with Crippen LogP contribution in [0.3, 0.4) is 0 Å². The summed E-state index contributed by atoms with van der Waals surface area (Å²) in [5, 5.41) is 9.96. The first-order valence-corrected chi connectivity index (χ1v) is 6.12. The summed E-state index contributed by atoms with van der Waals surface area (Å²) >= 11 is 0. The van der Waals surface area contributed by atoms with Gasteiger partial charge in [-0.05, 0) is 45.0 Å². The fraction of sp³-hybridized carbons (Fsp3) is 0.400. The molecule has 1 aromatic heterocycles. The van der Waals surface area contributed by atoms with Crippen molar-refractivity contribution in [3.05, 3.63) is 36.0 Å². The third kappa shape index (κ3) is 2.91. The van der Waals surface area contributed by atoms with E-state index in [1.165, 1.54) is 0 Å². The number of hydrogen-bond acceptors (Lipinski definition) is 2. The molecule has 1 heterocycles. The molecule has 0 atom stereocenters. The van der Waals surface area contributed by atoms with E-state index in [-0.39, 0.29) is 5.60 Å². The molecule has 0 unspecified atom stereocenters. The van der Waals surface area contributed by atoms with E-state index in [0.717, 1.165) is 17.4 Å². The minimum atomic E-state index is -0.100. The molecule has 94 valence electrons. The SMILES string of the molecule is CC(C)(C)OCCn1ccc2cc(C#N)ccc21. The van der Waals surface area contributed by atoms with Crippen LogP contribution in [-0.2, 0) is 11.3 Å². The summed E-state index contributed by atoms with van der Waals surface area (Å²) in [7, 11) is 0.